The zero-order valence-electron chi connectivity index (χ0n) is 10.2. The molecule has 0 saturated heterocycles. The standard InChI is InChI=1S/C14H21NO/c1-10(2)15-9-12-7-3-5-11-6-4-8-13(16)14(11)12/h4,6,8,10,12,15-16H,3,5,7,9H2,1-2H3. The molecule has 2 rings (SSSR count). The third-order valence-electron chi connectivity index (χ3n) is 3.35. The Labute approximate surface area is 97.7 Å². The van der Waals surface area contributed by atoms with Crippen LogP contribution in [0.3, 0.4) is 0 Å². The third kappa shape index (κ3) is 2.38. The molecule has 0 aromatic heterocycles. The maximum absolute atomic E-state index is 9.96. The lowest BCUT2D eigenvalue weighted by molar-refractivity contribution is 0.429. The summed E-state index contributed by atoms with van der Waals surface area (Å²) in [5.74, 6) is 0.958. The number of phenolic OH excluding ortho intramolecular Hbond substituents is 1. The maximum atomic E-state index is 9.96. The molecule has 2 nitrogen and oxygen atoms in total. The van der Waals surface area contributed by atoms with E-state index in [9.17, 15) is 5.11 Å². The molecule has 16 heavy (non-hydrogen) atoms. The van der Waals surface area contributed by atoms with E-state index in [1.165, 1.54) is 24.0 Å². The van der Waals surface area contributed by atoms with E-state index < -0.39 is 0 Å². The molecule has 0 spiro atoms. The molecular weight excluding hydrogens is 198 g/mol. The number of nitrogens with one attached hydrogen (secondary N) is 1. The van der Waals surface area contributed by atoms with Gasteiger partial charge >= 0.3 is 0 Å². The summed E-state index contributed by atoms with van der Waals surface area (Å²) in [6.45, 7) is 5.30. The molecule has 2 heteroatoms. The summed E-state index contributed by atoms with van der Waals surface area (Å²) in [5, 5.41) is 13.4. The van der Waals surface area contributed by atoms with Crippen molar-refractivity contribution in [3.8, 4) is 5.75 Å². The summed E-state index contributed by atoms with van der Waals surface area (Å²) in [5.41, 5.74) is 2.52. The molecule has 0 amide bonds. The van der Waals surface area contributed by atoms with Crippen LogP contribution in [0.1, 0.15) is 43.7 Å². The number of benzene rings is 1. The minimum Gasteiger partial charge on any atom is -0.508 e. The molecule has 1 aromatic rings. The first-order valence-electron chi connectivity index (χ1n) is 6.22. The highest BCUT2D eigenvalue weighted by atomic mass is 16.3. The Morgan fingerprint density at radius 2 is 2.25 bits per heavy atom. The minimum atomic E-state index is 0.479. The smallest absolute Gasteiger partial charge is 0.119 e. The second kappa shape index (κ2) is 4.88. The molecule has 88 valence electrons. The van der Waals surface area contributed by atoms with E-state index in [0.717, 1.165) is 13.0 Å². The molecule has 1 atom stereocenters. The Morgan fingerprint density at radius 1 is 1.44 bits per heavy atom. The summed E-state index contributed by atoms with van der Waals surface area (Å²) in [4.78, 5) is 0. The summed E-state index contributed by atoms with van der Waals surface area (Å²) in [6.07, 6.45) is 3.53. The van der Waals surface area contributed by atoms with Gasteiger partial charge in [-0.25, -0.2) is 0 Å². The number of aromatic hydroxyl groups is 1. The van der Waals surface area contributed by atoms with Crippen LogP contribution >= 0.6 is 0 Å². The average molecular weight is 219 g/mol. The average Bonchev–Trinajstić information content (AvgIpc) is 2.26. The van der Waals surface area contributed by atoms with E-state index >= 15 is 0 Å². The van der Waals surface area contributed by atoms with Crippen LogP contribution in [0.25, 0.3) is 0 Å². The Balaban J connectivity index is 2.18. The molecule has 1 unspecified atom stereocenters. The second-order valence-electron chi connectivity index (χ2n) is 5.00. The molecule has 0 radical (unpaired) electrons. The van der Waals surface area contributed by atoms with Gasteiger partial charge in [0.25, 0.3) is 0 Å². The van der Waals surface area contributed by atoms with E-state index in [0.29, 0.717) is 17.7 Å². The third-order valence-corrected chi connectivity index (χ3v) is 3.35. The predicted molar refractivity (Wildman–Crippen MR) is 66.9 cm³/mol. The SMILES string of the molecule is CC(C)NCC1CCCc2cccc(O)c21. The molecule has 0 aliphatic heterocycles. The van der Waals surface area contributed by atoms with Gasteiger partial charge in [0, 0.05) is 24.1 Å². The molecule has 1 aromatic carbocycles. The molecular formula is C14H21NO. The lowest BCUT2D eigenvalue weighted by atomic mass is 9.82. The van der Waals surface area contributed by atoms with Crippen molar-refractivity contribution in [3.63, 3.8) is 0 Å². The van der Waals surface area contributed by atoms with Gasteiger partial charge < -0.3 is 10.4 Å². The van der Waals surface area contributed by atoms with Crippen molar-refractivity contribution in [2.24, 2.45) is 0 Å². The first-order valence-corrected chi connectivity index (χ1v) is 6.22. The van der Waals surface area contributed by atoms with Crippen molar-refractivity contribution in [1.29, 1.82) is 0 Å². The van der Waals surface area contributed by atoms with Crippen molar-refractivity contribution in [2.45, 2.75) is 45.1 Å². The lowest BCUT2D eigenvalue weighted by Gasteiger charge is -2.27. The number of rotatable bonds is 3. The Hall–Kier alpha value is -1.02. The van der Waals surface area contributed by atoms with Crippen LogP contribution in [0.4, 0.5) is 0 Å². The van der Waals surface area contributed by atoms with Gasteiger partial charge in [-0.3, -0.25) is 0 Å². The fraction of sp³-hybridized carbons (Fsp3) is 0.571. The summed E-state index contributed by atoms with van der Waals surface area (Å²) >= 11 is 0. The topological polar surface area (TPSA) is 32.3 Å². The minimum absolute atomic E-state index is 0.479. The van der Waals surface area contributed by atoms with Crippen LogP contribution in [0.5, 0.6) is 5.75 Å². The highest BCUT2D eigenvalue weighted by molar-refractivity contribution is 5.43. The molecule has 0 bridgehead atoms. The van der Waals surface area contributed by atoms with Crippen molar-refractivity contribution < 1.29 is 5.11 Å². The maximum Gasteiger partial charge on any atom is 0.119 e. The van der Waals surface area contributed by atoms with Crippen LogP contribution in [-0.2, 0) is 6.42 Å². The molecule has 0 saturated carbocycles. The van der Waals surface area contributed by atoms with E-state index in [2.05, 4.69) is 25.2 Å². The van der Waals surface area contributed by atoms with Gasteiger partial charge in [-0.2, -0.15) is 0 Å². The highest BCUT2D eigenvalue weighted by Gasteiger charge is 2.22. The summed E-state index contributed by atoms with van der Waals surface area (Å²) < 4.78 is 0. The highest BCUT2D eigenvalue weighted by Crippen LogP contribution is 2.36. The van der Waals surface area contributed by atoms with Crippen LogP contribution in [-0.4, -0.2) is 17.7 Å². The number of fused-ring (bicyclic) bond motifs is 1. The van der Waals surface area contributed by atoms with Crippen molar-refractivity contribution in [2.75, 3.05) is 6.54 Å². The van der Waals surface area contributed by atoms with E-state index in [1.54, 1.807) is 0 Å². The van der Waals surface area contributed by atoms with Crippen molar-refractivity contribution >= 4 is 0 Å². The van der Waals surface area contributed by atoms with Crippen molar-refractivity contribution in [1.82, 2.24) is 5.32 Å². The second-order valence-corrected chi connectivity index (χ2v) is 5.00. The monoisotopic (exact) mass is 219 g/mol. The zero-order valence-corrected chi connectivity index (χ0v) is 10.2. The summed E-state index contributed by atoms with van der Waals surface area (Å²) in [6, 6.07) is 6.42. The van der Waals surface area contributed by atoms with Crippen LogP contribution < -0.4 is 5.32 Å². The van der Waals surface area contributed by atoms with Gasteiger partial charge in [-0.05, 0) is 30.9 Å². The lowest BCUT2D eigenvalue weighted by Crippen LogP contribution is -2.29. The van der Waals surface area contributed by atoms with Gasteiger partial charge in [-0.1, -0.05) is 26.0 Å². The van der Waals surface area contributed by atoms with Crippen LogP contribution in [0, 0.1) is 0 Å². The zero-order chi connectivity index (χ0) is 11.5. The first-order chi connectivity index (χ1) is 7.68. The van der Waals surface area contributed by atoms with E-state index in [4.69, 9.17) is 0 Å². The number of hydrogen-bond donors (Lipinski definition) is 2. The largest absolute Gasteiger partial charge is 0.508 e. The number of phenols is 1. The molecule has 1 aliphatic carbocycles. The first kappa shape index (κ1) is 11.5. The quantitative estimate of drug-likeness (QED) is 0.819. The molecule has 0 fully saturated rings. The Kier molecular flexibility index (Phi) is 3.49. The van der Waals surface area contributed by atoms with Gasteiger partial charge in [0.1, 0.15) is 5.75 Å². The van der Waals surface area contributed by atoms with Gasteiger partial charge in [0.05, 0.1) is 0 Å². The van der Waals surface area contributed by atoms with E-state index in [1.807, 2.05) is 12.1 Å². The molecule has 2 N–H and O–H groups in total. The van der Waals surface area contributed by atoms with Gasteiger partial charge in [-0.15, -0.1) is 0 Å². The fourth-order valence-corrected chi connectivity index (χ4v) is 2.55. The van der Waals surface area contributed by atoms with Gasteiger partial charge in [0.2, 0.25) is 0 Å². The predicted octanol–water partition coefficient (Wildman–Crippen LogP) is 2.81. The Bertz CT molecular complexity index is 360. The number of hydrogen-bond acceptors (Lipinski definition) is 2. The summed E-state index contributed by atoms with van der Waals surface area (Å²) in [7, 11) is 0. The Morgan fingerprint density at radius 3 is 3.00 bits per heavy atom. The van der Waals surface area contributed by atoms with E-state index in [-0.39, 0.29) is 0 Å². The normalized spacial score (nSPS) is 19.8. The molecule has 0 heterocycles. The molecule has 1 aliphatic rings. The van der Waals surface area contributed by atoms with Crippen LogP contribution in [0.2, 0.25) is 0 Å². The van der Waals surface area contributed by atoms with Gasteiger partial charge in [0.15, 0.2) is 0 Å². The number of aryl methyl sites for hydroxylation is 1. The van der Waals surface area contributed by atoms with Crippen molar-refractivity contribution in [3.05, 3.63) is 29.3 Å². The fourth-order valence-electron chi connectivity index (χ4n) is 2.55. The van der Waals surface area contributed by atoms with Crippen LogP contribution in [0.15, 0.2) is 18.2 Å².